The van der Waals surface area contributed by atoms with Crippen molar-refractivity contribution in [2.24, 2.45) is 10.7 Å². The number of halogens is 2. The van der Waals surface area contributed by atoms with Crippen molar-refractivity contribution >= 4 is 36.0 Å². The number of nitrogens with zero attached hydrogens (tertiary/aromatic N) is 2. The number of hydrogen-bond acceptors (Lipinski definition) is 2. The minimum Gasteiger partial charge on any atom is -0.357 e. The fraction of sp³-hybridized carbons (Fsp3) is 0.556. The highest BCUT2D eigenvalue weighted by Gasteiger charge is 2.21. The van der Waals surface area contributed by atoms with E-state index in [0.29, 0.717) is 19.6 Å². The number of aryl methyl sites for hydroxylation is 1. The molecular weight excluding hydrogens is 448 g/mol. The third kappa shape index (κ3) is 7.76. The Labute approximate surface area is 171 Å². The van der Waals surface area contributed by atoms with E-state index in [0.717, 1.165) is 43.8 Å². The molecule has 0 bridgehead atoms. The first-order valence-electron chi connectivity index (χ1n) is 8.92. The van der Waals surface area contributed by atoms with Crippen molar-refractivity contribution < 1.29 is 9.18 Å². The van der Waals surface area contributed by atoms with Crippen LogP contribution in [0.15, 0.2) is 29.3 Å². The number of nitrogens with one attached hydrogen (secondary N) is 2. The molecule has 2 amide bonds. The Hall–Kier alpha value is -1.58. The Bertz CT molecular complexity index is 591. The van der Waals surface area contributed by atoms with Gasteiger partial charge in [-0.1, -0.05) is 12.1 Å². The van der Waals surface area contributed by atoms with Gasteiger partial charge in [0.1, 0.15) is 5.82 Å². The number of carbonyl (C=O) groups excluding carboxylic acids is 1. The van der Waals surface area contributed by atoms with Crippen LogP contribution in [-0.2, 0) is 6.42 Å². The molecule has 146 valence electrons. The smallest absolute Gasteiger partial charge is 0.314 e. The topological polar surface area (TPSA) is 82.8 Å². The minimum absolute atomic E-state index is 0. The molecular formula is C18H29FIN5O. The van der Waals surface area contributed by atoms with E-state index in [1.807, 2.05) is 13.0 Å². The van der Waals surface area contributed by atoms with Crippen LogP contribution >= 0.6 is 24.0 Å². The molecule has 1 aliphatic heterocycles. The van der Waals surface area contributed by atoms with Crippen LogP contribution in [0.5, 0.6) is 0 Å². The predicted molar refractivity (Wildman–Crippen MR) is 113 cm³/mol. The molecule has 0 unspecified atom stereocenters. The molecule has 1 aromatic rings. The summed E-state index contributed by atoms with van der Waals surface area (Å²) in [5.41, 5.74) is 6.30. The lowest BCUT2D eigenvalue weighted by molar-refractivity contribution is 0.188. The molecule has 1 aromatic carbocycles. The summed E-state index contributed by atoms with van der Waals surface area (Å²) >= 11 is 0. The Morgan fingerprint density at radius 3 is 2.73 bits per heavy atom. The maximum absolute atomic E-state index is 13.2. The first-order valence-corrected chi connectivity index (χ1v) is 8.92. The van der Waals surface area contributed by atoms with Crippen LogP contribution in [0.2, 0.25) is 0 Å². The minimum atomic E-state index is -0.351. The summed E-state index contributed by atoms with van der Waals surface area (Å²) in [5.74, 6) is 0.595. The molecule has 8 heteroatoms. The molecule has 1 heterocycles. The molecule has 0 spiro atoms. The van der Waals surface area contributed by atoms with E-state index in [1.165, 1.54) is 6.07 Å². The maximum Gasteiger partial charge on any atom is 0.314 e. The number of nitrogens with two attached hydrogens (primary N) is 1. The number of carbonyl (C=O) groups is 1. The number of primary amides is 1. The van der Waals surface area contributed by atoms with E-state index in [4.69, 9.17) is 5.73 Å². The van der Waals surface area contributed by atoms with Gasteiger partial charge in [-0.15, -0.1) is 24.0 Å². The Morgan fingerprint density at radius 1 is 1.38 bits per heavy atom. The number of benzene rings is 1. The summed E-state index contributed by atoms with van der Waals surface area (Å²) in [4.78, 5) is 17.4. The number of hydrogen-bond donors (Lipinski definition) is 3. The van der Waals surface area contributed by atoms with Crippen molar-refractivity contribution in [3.05, 3.63) is 35.6 Å². The zero-order valence-corrected chi connectivity index (χ0v) is 17.5. The van der Waals surface area contributed by atoms with Gasteiger partial charge in [-0.05, 0) is 50.3 Å². The molecule has 0 atom stereocenters. The molecule has 2 rings (SSSR count). The van der Waals surface area contributed by atoms with Crippen molar-refractivity contribution in [3.63, 3.8) is 0 Å². The molecule has 4 N–H and O–H groups in total. The molecule has 26 heavy (non-hydrogen) atoms. The highest BCUT2D eigenvalue weighted by molar-refractivity contribution is 14.0. The van der Waals surface area contributed by atoms with E-state index >= 15 is 0 Å². The molecule has 1 aliphatic rings. The van der Waals surface area contributed by atoms with Gasteiger partial charge in [0.15, 0.2) is 5.96 Å². The van der Waals surface area contributed by atoms with Gasteiger partial charge in [-0.2, -0.15) is 0 Å². The normalized spacial score (nSPS) is 15.3. The SMILES string of the molecule is CCNC(=NCCCc1cccc(F)c1)NC1CCN(C(N)=O)CC1.I. The largest absolute Gasteiger partial charge is 0.357 e. The van der Waals surface area contributed by atoms with Crippen LogP contribution in [0.1, 0.15) is 31.7 Å². The van der Waals surface area contributed by atoms with Crippen molar-refractivity contribution in [1.29, 1.82) is 0 Å². The van der Waals surface area contributed by atoms with Crippen molar-refractivity contribution in [2.45, 2.75) is 38.6 Å². The molecule has 1 fully saturated rings. The van der Waals surface area contributed by atoms with E-state index in [1.54, 1.807) is 17.0 Å². The lowest BCUT2D eigenvalue weighted by Crippen LogP contribution is -2.50. The average Bonchev–Trinajstić information content (AvgIpc) is 2.59. The predicted octanol–water partition coefficient (Wildman–Crippen LogP) is 2.47. The summed E-state index contributed by atoms with van der Waals surface area (Å²) in [5, 5.41) is 6.67. The number of likely N-dealkylation sites (tertiary alicyclic amines) is 1. The third-order valence-corrected chi connectivity index (χ3v) is 4.27. The fourth-order valence-electron chi connectivity index (χ4n) is 2.92. The first kappa shape index (κ1) is 22.5. The zero-order chi connectivity index (χ0) is 18.1. The van der Waals surface area contributed by atoms with Gasteiger partial charge in [0, 0.05) is 32.2 Å². The van der Waals surface area contributed by atoms with Crippen molar-refractivity contribution in [2.75, 3.05) is 26.2 Å². The van der Waals surface area contributed by atoms with Crippen LogP contribution in [0.4, 0.5) is 9.18 Å². The van der Waals surface area contributed by atoms with E-state index in [9.17, 15) is 9.18 Å². The second kappa shape index (κ2) is 11.9. The average molecular weight is 477 g/mol. The van der Waals surface area contributed by atoms with Gasteiger partial charge in [0.05, 0.1) is 0 Å². The molecule has 0 radical (unpaired) electrons. The van der Waals surface area contributed by atoms with Crippen LogP contribution in [-0.4, -0.2) is 49.1 Å². The number of aliphatic imine (C=N–C) groups is 1. The molecule has 6 nitrogen and oxygen atoms in total. The van der Waals surface area contributed by atoms with E-state index in [-0.39, 0.29) is 41.9 Å². The van der Waals surface area contributed by atoms with Gasteiger partial charge < -0.3 is 21.3 Å². The number of piperidine rings is 1. The standard InChI is InChI=1S/C18H28FN5O.HI/c1-2-21-18(23-16-8-11-24(12-9-16)17(20)25)22-10-4-6-14-5-3-7-15(19)13-14;/h3,5,7,13,16H,2,4,6,8-12H2,1H3,(H2,20,25)(H2,21,22,23);1H. The maximum atomic E-state index is 13.2. The quantitative estimate of drug-likeness (QED) is 0.255. The number of rotatable bonds is 6. The van der Waals surface area contributed by atoms with Crippen LogP contribution in [0.25, 0.3) is 0 Å². The summed E-state index contributed by atoms with van der Waals surface area (Å²) in [6.07, 6.45) is 3.38. The Morgan fingerprint density at radius 2 is 2.12 bits per heavy atom. The van der Waals surface area contributed by atoms with Gasteiger partial charge in [0.2, 0.25) is 0 Å². The Kier molecular flexibility index (Phi) is 10.3. The first-order chi connectivity index (χ1) is 12.1. The molecule has 0 aliphatic carbocycles. The van der Waals surface area contributed by atoms with Gasteiger partial charge in [-0.3, -0.25) is 4.99 Å². The third-order valence-electron chi connectivity index (χ3n) is 4.27. The van der Waals surface area contributed by atoms with Crippen LogP contribution < -0.4 is 16.4 Å². The Balaban J connectivity index is 0.00000338. The second-order valence-electron chi connectivity index (χ2n) is 6.24. The van der Waals surface area contributed by atoms with Gasteiger partial charge in [-0.25, -0.2) is 9.18 Å². The van der Waals surface area contributed by atoms with Gasteiger partial charge >= 0.3 is 6.03 Å². The fourth-order valence-corrected chi connectivity index (χ4v) is 2.92. The summed E-state index contributed by atoms with van der Waals surface area (Å²) in [7, 11) is 0. The summed E-state index contributed by atoms with van der Waals surface area (Å²) < 4.78 is 13.2. The molecule has 0 saturated carbocycles. The number of urea groups is 1. The molecule has 0 aromatic heterocycles. The summed E-state index contributed by atoms with van der Waals surface area (Å²) in [6.45, 7) is 4.83. The van der Waals surface area contributed by atoms with Crippen molar-refractivity contribution in [1.82, 2.24) is 15.5 Å². The second-order valence-corrected chi connectivity index (χ2v) is 6.24. The van der Waals surface area contributed by atoms with Crippen molar-refractivity contribution in [3.8, 4) is 0 Å². The zero-order valence-electron chi connectivity index (χ0n) is 15.2. The monoisotopic (exact) mass is 477 g/mol. The number of guanidine groups is 1. The van der Waals surface area contributed by atoms with Crippen LogP contribution in [0.3, 0.4) is 0 Å². The van der Waals surface area contributed by atoms with E-state index < -0.39 is 0 Å². The summed E-state index contributed by atoms with van der Waals surface area (Å²) in [6, 6.07) is 6.63. The molecule has 1 saturated heterocycles. The lowest BCUT2D eigenvalue weighted by atomic mass is 10.1. The van der Waals surface area contributed by atoms with Gasteiger partial charge in [0.25, 0.3) is 0 Å². The highest BCUT2D eigenvalue weighted by Crippen LogP contribution is 2.10. The highest BCUT2D eigenvalue weighted by atomic mass is 127. The number of amides is 2. The van der Waals surface area contributed by atoms with Crippen LogP contribution in [0, 0.1) is 5.82 Å². The van der Waals surface area contributed by atoms with E-state index in [2.05, 4.69) is 15.6 Å². The lowest BCUT2D eigenvalue weighted by Gasteiger charge is -2.32.